The van der Waals surface area contributed by atoms with Gasteiger partial charge in [0.25, 0.3) is 0 Å². The number of nitrogens with zero attached hydrogens (tertiary/aromatic N) is 1. The quantitative estimate of drug-likeness (QED) is 0.689. The average Bonchev–Trinajstić information content (AvgIpc) is 3.04. The Morgan fingerprint density at radius 1 is 1.12 bits per heavy atom. The van der Waals surface area contributed by atoms with Crippen LogP contribution in [0.5, 0.6) is 5.75 Å². The molecule has 25 heavy (non-hydrogen) atoms. The maximum atomic E-state index is 12.2. The zero-order valence-electron chi connectivity index (χ0n) is 13.7. The zero-order chi connectivity index (χ0) is 17.6. The van der Waals surface area contributed by atoms with Crippen LogP contribution in [0.2, 0.25) is 5.02 Å². The van der Waals surface area contributed by atoms with Gasteiger partial charge in [0.1, 0.15) is 5.75 Å². The van der Waals surface area contributed by atoms with E-state index in [1.165, 1.54) is 11.3 Å². The number of halogens is 1. The van der Waals surface area contributed by atoms with Crippen molar-refractivity contribution >= 4 is 34.0 Å². The Hall–Kier alpha value is -2.37. The van der Waals surface area contributed by atoms with Crippen LogP contribution >= 0.6 is 22.9 Å². The molecule has 128 valence electrons. The Labute approximate surface area is 155 Å². The first-order chi connectivity index (χ1) is 12.1. The Bertz CT molecular complexity index is 845. The van der Waals surface area contributed by atoms with Gasteiger partial charge in [-0.25, -0.2) is 4.98 Å². The van der Waals surface area contributed by atoms with E-state index in [4.69, 9.17) is 16.3 Å². The highest BCUT2D eigenvalue weighted by Crippen LogP contribution is 2.22. The highest BCUT2D eigenvalue weighted by atomic mass is 35.5. The molecule has 1 aromatic heterocycles. The summed E-state index contributed by atoms with van der Waals surface area (Å²) in [7, 11) is 1.62. The molecule has 0 unspecified atom stereocenters. The SMILES string of the molecule is COc1ccc(CC(=O)Nc2ncc(Cc3ccc(Cl)cc3)s2)cc1. The number of amides is 1. The molecule has 0 aliphatic carbocycles. The molecule has 0 bridgehead atoms. The average molecular weight is 373 g/mol. The van der Waals surface area contributed by atoms with E-state index < -0.39 is 0 Å². The predicted octanol–water partition coefficient (Wildman–Crippen LogP) is 4.58. The van der Waals surface area contributed by atoms with E-state index in [0.717, 1.165) is 33.2 Å². The van der Waals surface area contributed by atoms with E-state index in [1.54, 1.807) is 13.3 Å². The standard InChI is InChI=1S/C19H17ClN2O2S/c1-24-16-8-4-14(5-9-16)11-18(23)22-19-21-12-17(25-19)10-13-2-6-15(20)7-3-13/h2-9,12H,10-11H2,1H3,(H,21,22,23). The van der Waals surface area contributed by atoms with Gasteiger partial charge in [-0.15, -0.1) is 11.3 Å². The molecule has 0 atom stereocenters. The molecule has 3 aromatic rings. The summed E-state index contributed by atoms with van der Waals surface area (Å²) in [6.45, 7) is 0. The number of methoxy groups -OCH3 is 1. The monoisotopic (exact) mass is 372 g/mol. The number of nitrogens with one attached hydrogen (secondary N) is 1. The second-order valence-corrected chi connectivity index (χ2v) is 7.06. The fourth-order valence-corrected chi connectivity index (χ4v) is 3.33. The van der Waals surface area contributed by atoms with E-state index >= 15 is 0 Å². The van der Waals surface area contributed by atoms with Crippen molar-refractivity contribution in [3.8, 4) is 5.75 Å². The van der Waals surface area contributed by atoms with Crippen LogP contribution in [0.1, 0.15) is 16.0 Å². The van der Waals surface area contributed by atoms with Gasteiger partial charge in [-0.2, -0.15) is 0 Å². The van der Waals surface area contributed by atoms with Crippen LogP contribution in [-0.4, -0.2) is 18.0 Å². The number of carbonyl (C=O) groups is 1. The normalized spacial score (nSPS) is 10.5. The van der Waals surface area contributed by atoms with Crippen molar-refractivity contribution < 1.29 is 9.53 Å². The van der Waals surface area contributed by atoms with Crippen LogP contribution in [0.25, 0.3) is 0 Å². The molecular formula is C19H17ClN2O2S. The van der Waals surface area contributed by atoms with Crippen molar-refractivity contribution in [1.29, 1.82) is 0 Å². The lowest BCUT2D eigenvalue weighted by Crippen LogP contribution is -2.14. The third kappa shape index (κ3) is 5.05. The largest absolute Gasteiger partial charge is 0.497 e. The summed E-state index contributed by atoms with van der Waals surface area (Å²) < 4.78 is 5.11. The third-order valence-electron chi connectivity index (χ3n) is 3.62. The van der Waals surface area contributed by atoms with Gasteiger partial charge in [0.05, 0.1) is 13.5 Å². The number of anilines is 1. The van der Waals surface area contributed by atoms with Crippen LogP contribution < -0.4 is 10.1 Å². The summed E-state index contributed by atoms with van der Waals surface area (Å²) >= 11 is 7.38. The second-order valence-electron chi connectivity index (χ2n) is 5.51. The molecule has 1 heterocycles. The summed E-state index contributed by atoms with van der Waals surface area (Å²) in [5.41, 5.74) is 2.08. The van der Waals surface area contributed by atoms with Crippen LogP contribution in [0.4, 0.5) is 5.13 Å². The molecule has 0 aliphatic rings. The number of ether oxygens (including phenoxy) is 1. The van der Waals surface area contributed by atoms with E-state index in [0.29, 0.717) is 11.6 Å². The van der Waals surface area contributed by atoms with Gasteiger partial charge < -0.3 is 10.1 Å². The smallest absolute Gasteiger partial charge is 0.230 e. The molecule has 0 radical (unpaired) electrons. The van der Waals surface area contributed by atoms with E-state index in [2.05, 4.69) is 10.3 Å². The second kappa shape index (κ2) is 8.14. The van der Waals surface area contributed by atoms with Crippen LogP contribution in [0.3, 0.4) is 0 Å². The van der Waals surface area contributed by atoms with Crippen molar-refractivity contribution in [1.82, 2.24) is 4.98 Å². The maximum absolute atomic E-state index is 12.2. The molecule has 0 saturated carbocycles. The molecule has 0 saturated heterocycles. The first-order valence-corrected chi connectivity index (χ1v) is 8.94. The molecular weight excluding hydrogens is 356 g/mol. The number of benzene rings is 2. The molecule has 1 N–H and O–H groups in total. The fraction of sp³-hybridized carbons (Fsp3) is 0.158. The van der Waals surface area contributed by atoms with Crippen LogP contribution in [0, 0.1) is 0 Å². The minimum Gasteiger partial charge on any atom is -0.497 e. The highest BCUT2D eigenvalue weighted by molar-refractivity contribution is 7.15. The lowest BCUT2D eigenvalue weighted by atomic mass is 10.1. The summed E-state index contributed by atoms with van der Waals surface area (Å²) in [6.07, 6.45) is 2.86. The number of hydrogen-bond donors (Lipinski definition) is 1. The van der Waals surface area contributed by atoms with Gasteiger partial charge in [-0.1, -0.05) is 35.9 Å². The van der Waals surface area contributed by atoms with Crippen molar-refractivity contribution in [2.24, 2.45) is 0 Å². The van der Waals surface area contributed by atoms with E-state index in [-0.39, 0.29) is 5.91 Å². The minimum absolute atomic E-state index is 0.0856. The third-order valence-corrected chi connectivity index (χ3v) is 4.78. The molecule has 4 nitrogen and oxygen atoms in total. The number of rotatable bonds is 6. The van der Waals surface area contributed by atoms with Gasteiger partial charge in [-0.3, -0.25) is 4.79 Å². The Kier molecular flexibility index (Phi) is 5.68. The van der Waals surface area contributed by atoms with Crippen molar-refractivity contribution in [3.05, 3.63) is 75.8 Å². The lowest BCUT2D eigenvalue weighted by molar-refractivity contribution is -0.115. The Balaban J connectivity index is 1.56. The van der Waals surface area contributed by atoms with Gasteiger partial charge in [0.2, 0.25) is 5.91 Å². The fourth-order valence-electron chi connectivity index (χ4n) is 2.34. The van der Waals surface area contributed by atoms with Gasteiger partial charge >= 0.3 is 0 Å². The molecule has 0 fully saturated rings. The van der Waals surface area contributed by atoms with Crippen LogP contribution in [-0.2, 0) is 17.6 Å². The lowest BCUT2D eigenvalue weighted by Gasteiger charge is -2.03. The molecule has 0 aliphatic heterocycles. The minimum atomic E-state index is -0.0856. The zero-order valence-corrected chi connectivity index (χ0v) is 15.2. The van der Waals surface area contributed by atoms with E-state index in [9.17, 15) is 4.79 Å². The molecule has 1 amide bonds. The summed E-state index contributed by atoms with van der Waals surface area (Å²) in [5, 5.41) is 4.19. The summed E-state index contributed by atoms with van der Waals surface area (Å²) in [4.78, 5) is 17.5. The maximum Gasteiger partial charge on any atom is 0.230 e. The first kappa shape index (κ1) is 17.5. The summed E-state index contributed by atoms with van der Waals surface area (Å²) in [6, 6.07) is 15.2. The van der Waals surface area contributed by atoms with Gasteiger partial charge in [0.15, 0.2) is 5.13 Å². The number of thiazole rings is 1. The van der Waals surface area contributed by atoms with Crippen molar-refractivity contribution in [2.45, 2.75) is 12.8 Å². The topological polar surface area (TPSA) is 51.2 Å². The molecule has 3 rings (SSSR count). The van der Waals surface area contributed by atoms with E-state index in [1.807, 2.05) is 48.5 Å². The summed E-state index contributed by atoms with van der Waals surface area (Å²) in [5.74, 6) is 0.688. The van der Waals surface area contributed by atoms with Crippen molar-refractivity contribution in [3.63, 3.8) is 0 Å². The van der Waals surface area contributed by atoms with Gasteiger partial charge in [0, 0.05) is 22.5 Å². The number of carbonyl (C=O) groups excluding carboxylic acids is 1. The van der Waals surface area contributed by atoms with Crippen LogP contribution in [0.15, 0.2) is 54.7 Å². The first-order valence-electron chi connectivity index (χ1n) is 7.74. The number of aromatic nitrogens is 1. The Morgan fingerprint density at radius 3 is 2.48 bits per heavy atom. The van der Waals surface area contributed by atoms with Gasteiger partial charge in [-0.05, 0) is 35.4 Å². The predicted molar refractivity (Wildman–Crippen MR) is 102 cm³/mol. The number of hydrogen-bond acceptors (Lipinski definition) is 4. The Morgan fingerprint density at radius 2 is 1.80 bits per heavy atom. The van der Waals surface area contributed by atoms with Crippen molar-refractivity contribution in [2.75, 3.05) is 12.4 Å². The molecule has 6 heteroatoms. The molecule has 2 aromatic carbocycles. The highest BCUT2D eigenvalue weighted by Gasteiger charge is 2.08. The molecule has 0 spiro atoms.